The van der Waals surface area contributed by atoms with Gasteiger partial charge in [-0.3, -0.25) is 9.73 Å². The van der Waals surface area contributed by atoms with Crippen LogP contribution in [0.25, 0.3) is 11.3 Å². The predicted octanol–water partition coefficient (Wildman–Crippen LogP) is 6.87. The lowest BCUT2D eigenvalue weighted by atomic mass is 9.87. The average molecular weight is 574 g/mol. The van der Waals surface area contributed by atoms with E-state index in [0.717, 1.165) is 64.1 Å². The third kappa shape index (κ3) is 8.97. The number of anilines is 2. The van der Waals surface area contributed by atoms with Crippen molar-refractivity contribution in [3.8, 4) is 11.3 Å². The van der Waals surface area contributed by atoms with Crippen molar-refractivity contribution in [1.82, 2.24) is 9.97 Å². The third-order valence-electron chi connectivity index (χ3n) is 6.80. The quantitative estimate of drug-likeness (QED) is 0.238. The van der Waals surface area contributed by atoms with Gasteiger partial charge in [-0.15, -0.1) is 13.2 Å². The topological polar surface area (TPSA) is 80.7 Å². The van der Waals surface area contributed by atoms with Crippen LogP contribution in [-0.4, -0.2) is 61.5 Å². The van der Waals surface area contributed by atoms with Crippen molar-refractivity contribution in [2.24, 2.45) is 16.8 Å². The molecular formula is C26H32Cl2F3N5O2. The molecule has 208 valence electrons. The van der Waals surface area contributed by atoms with Crippen molar-refractivity contribution in [1.29, 1.82) is 0 Å². The van der Waals surface area contributed by atoms with Crippen molar-refractivity contribution in [3.63, 3.8) is 0 Å². The summed E-state index contributed by atoms with van der Waals surface area (Å²) in [5.74, 6) is 2.22. The molecule has 0 aromatic carbocycles. The molecule has 2 aromatic rings. The first-order valence-electron chi connectivity index (χ1n) is 12.9. The predicted molar refractivity (Wildman–Crippen MR) is 144 cm³/mol. The summed E-state index contributed by atoms with van der Waals surface area (Å²) in [7, 11) is 0. The van der Waals surface area contributed by atoms with Gasteiger partial charge in [-0.1, -0.05) is 23.2 Å². The molecule has 0 amide bonds. The average Bonchev–Trinajstić information content (AvgIpc) is 2.90. The van der Waals surface area contributed by atoms with Gasteiger partial charge < -0.3 is 15.4 Å². The highest BCUT2D eigenvalue weighted by molar-refractivity contribution is 6.36. The van der Waals surface area contributed by atoms with Crippen LogP contribution in [0.5, 0.6) is 0 Å². The smallest absolute Gasteiger partial charge is 0.381 e. The Bertz CT molecular complexity index is 1080. The van der Waals surface area contributed by atoms with Crippen LogP contribution in [0.2, 0.25) is 10.0 Å². The highest BCUT2D eigenvalue weighted by atomic mass is 35.5. The monoisotopic (exact) mass is 573 g/mol. The number of hydrogen-bond donors (Lipinski definition) is 2. The van der Waals surface area contributed by atoms with Gasteiger partial charge in [0.15, 0.2) is 0 Å². The fraction of sp³-hybridized carbons (Fsp3) is 0.577. The lowest BCUT2D eigenvalue weighted by Crippen LogP contribution is -2.27. The summed E-state index contributed by atoms with van der Waals surface area (Å²) >= 11 is 13.0. The second kappa shape index (κ2) is 13.8. The molecule has 1 saturated carbocycles. The normalized spacial score (nSPS) is 21.1. The minimum Gasteiger partial charge on any atom is -0.381 e. The molecule has 1 aliphatic carbocycles. The number of alkyl halides is 3. The van der Waals surface area contributed by atoms with Gasteiger partial charge in [-0.05, 0) is 68.6 Å². The highest BCUT2D eigenvalue weighted by Gasteiger charge is 2.28. The molecule has 0 radical (unpaired) electrons. The fourth-order valence-electron chi connectivity index (χ4n) is 4.69. The number of nitrogens with one attached hydrogen (secondary N) is 2. The Kier molecular flexibility index (Phi) is 10.5. The van der Waals surface area contributed by atoms with Crippen molar-refractivity contribution < 1.29 is 22.6 Å². The Morgan fingerprint density at radius 1 is 1.05 bits per heavy atom. The Balaban J connectivity index is 1.32. The van der Waals surface area contributed by atoms with Crippen molar-refractivity contribution in [2.45, 2.75) is 50.9 Å². The molecule has 2 aliphatic rings. The van der Waals surface area contributed by atoms with Crippen LogP contribution in [0.1, 0.15) is 38.5 Å². The second-order valence-corrected chi connectivity index (χ2v) is 10.4. The van der Waals surface area contributed by atoms with Crippen LogP contribution in [0.3, 0.4) is 0 Å². The molecule has 2 N–H and O–H groups in total. The molecule has 3 heterocycles. The van der Waals surface area contributed by atoms with Gasteiger partial charge in [0.1, 0.15) is 11.6 Å². The summed E-state index contributed by atoms with van der Waals surface area (Å²) in [6.07, 6.45) is 4.35. The zero-order chi connectivity index (χ0) is 27.0. The zero-order valence-corrected chi connectivity index (χ0v) is 22.5. The maximum atomic E-state index is 12.0. The molecule has 2 aromatic heterocycles. The molecule has 1 aliphatic heterocycles. The summed E-state index contributed by atoms with van der Waals surface area (Å²) in [5.41, 5.74) is 1.29. The van der Waals surface area contributed by atoms with Crippen LogP contribution < -0.4 is 10.6 Å². The standard InChI is InChI=1S/C26H32Cl2F3N5O2/c27-21-5-6-23(33-15-18-7-10-37-11-8-18)36-25(21)20-13-24(34-16-22(20)28)35-19-3-1-17(2-4-19)14-32-9-12-38-26(29,30)31/h5-6,13-14,16-19H,1-4,7-12,15H2,(H,33,36)(H,34,35). The van der Waals surface area contributed by atoms with E-state index in [1.54, 1.807) is 12.4 Å². The molecule has 0 spiro atoms. The number of ether oxygens (including phenoxy) is 2. The molecule has 2 fully saturated rings. The molecule has 1 saturated heterocycles. The number of halogens is 5. The van der Waals surface area contributed by atoms with Crippen LogP contribution in [0.15, 0.2) is 29.4 Å². The summed E-state index contributed by atoms with van der Waals surface area (Å²) in [6, 6.07) is 5.76. The van der Waals surface area contributed by atoms with Gasteiger partial charge in [0.25, 0.3) is 0 Å². The van der Waals surface area contributed by atoms with Crippen LogP contribution in [0, 0.1) is 11.8 Å². The van der Waals surface area contributed by atoms with E-state index in [9.17, 15) is 13.2 Å². The Morgan fingerprint density at radius 2 is 1.82 bits per heavy atom. The third-order valence-corrected chi connectivity index (χ3v) is 7.40. The Hall–Kier alpha value is -2.14. The first-order chi connectivity index (χ1) is 18.3. The number of nitrogens with zero attached hydrogens (tertiary/aromatic N) is 3. The Morgan fingerprint density at radius 3 is 2.55 bits per heavy atom. The molecule has 0 unspecified atom stereocenters. The van der Waals surface area contributed by atoms with Crippen molar-refractivity contribution in [2.75, 3.05) is 43.5 Å². The first kappa shape index (κ1) is 28.9. The molecule has 0 atom stereocenters. The summed E-state index contributed by atoms with van der Waals surface area (Å²) in [4.78, 5) is 13.3. The van der Waals surface area contributed by atoms with E-state index in [0.29, 0.717) is 33.0 Å². The van der Waals surface area contributed by atoms with E-state index in [4.69, 9.17) is 32.9 Å². The zero-order valence-electron chi connectivity index (χ0n) is 20.9. The van der Waals surface area contributed by atoms with Gasteiger partial charge in [0.05, 0.1) is 28.9 Å². The molecule has 4 rings (SSSR count). The first-order valence-corrected chi connectivity index (χ1v) is 13.6. The lowest BCUT2D eigenvalue weighted by molar-refractivity contribution is -0.323. The number of aromatic nitrogens is 2. The van der Waals surface area contributed by atoms with Crippen molar-refractivity contribution >= 4 is 41.1 Å². The van der Waals surface area contributed by atoms with E-state index < -0.39 is 13.0 Å². The van der Waals surface area contributed by atoms with Gasteiger partial charge in [0.2, 0.25) is 0 Å². The molecular weight excluding hydrogens is 542 g/mol. The van der Waals surface area contributed by atoms with Gasteiger partial charge in [0, 0.05) is 43.8 Å². The van der Waals surface area contributed by atoms with Crippen LogP contribution >= 0.6 is 23.2 Å². The summed E-state index contributed by atoms with van der Waals surface area (Å²) in [5, 5.41) is 7.85. The molecule has 12 heteroatoms. The van der Waals surface area contributed by atoms with E-state index >= 15 is 0 Å². The number of aliphatic imine (C=N–C) groups is 1. The lowest BCUT2D eigenvalue weighted by Gasteiger charge is -2.27. The van der Waals surface area contributed by atoms with Gasteiger partial charge in [-0.25, -0.2) is 9.97 Å². The SMILES string of the molecule is FC(F)(F)OCCN=CC1CCC(Nc2cc(-c3nc(NCC4CCOCC4)ccc3Cl)c(Cl)cn2)CC1. The Labute approximate surface area is 230 Å². The number of hydrogen-bond acceptors (Lipinski definition) is 7. The van der Waals surface area contributed by atoms with Gasteiger partial charge >= 0.3 is 6.36 Å². The number of rotatable bonds is 10. The molecule has 7 nitrogen and oxygen atoms in total. The van der Waals surface area contributed by atoms with Gasteiger partial charge in [-0.2, -0.15) is 0 Å². The maximum Gasteiger partial charge on any atom is 0.522 e. The van der Waals surface area contributed by atoms with E-state index in [-0.39, 0.29) is 18.5 Å². The van der Waals surface area contributed by atoms with Crippen LogP contribution in [-0.2, 0) is 9.47 Å². The maximum absolute atomic E-state index is 12.0. The fourth-order valence-corrected chi connectivity index (χ4v) is 5.09. The molecule has 0 bridgehead atoms. The van der Waals surface area contributed by atoms with E-state index in [1.807, 2.05) is 18.2 Å². The number of pyridine rings is 2. The van der Waals surface area contributed by atoms with E-state index in [1.165, 1.54) is 0 Å². The largest absolute Gasteiger partial charge is 0.522 e. The second-order valence-electron chi connectivity index (χ2n) is 9.62. The van der Waals surface area contributed by atoms with E-state index in [2.05, 4.69) is 25.3 Å². The molecule has 38 heavy (non-hydrogen) atoms. The minimum absolute atomic E-state index is 0.00197. The minimum atomic E-state index is -4.61. The van der Waals surface area contributed by atoms with Crippen molar-refractivity contribution in [3.05, 3.63) is 34.4 Å². The highest BCUT2D eigenvalue weighted by Crippen LogP contribution is 2.35. The van der Waals surface area contributed by atoms with Crippen LogP contribution in [0.4, 0.5) is 24.8 Å². The summed E-state index contributed by atoms with van der Waals surface area (Å²) < 4.78 is 45.3. The summed E-state index contributed by atoms with van der Waals surface area (Å²) in [6.45, 7) is 1.95.